The number of guanidine groups is 1. The average molecular weight is 432 g/mol. The highest BCUT2D eigenvalue weighted by atomic mass is 127. The van der Waals surface area contributed by atoms with Gasteiger partial charge >= 0.3 is 0 Å². The molecule has 2 rings (SSSR count). The first-order chi connectivity index (χ1) is 10.7. The van der Waals surface area contributed by atoms with E-state index in [-0.39, 0.29) is 24.0 Å². The summed E-state index contributed by atoms with van der Waals surface area (Å²) in [5, 5.41) is 17.0. The first kappa shape index (κ1) is 20.2. The molecule has 1 aromatic heterocycles. The summed E-state index contributed by atoms with van der Waals surface area (Å²) < 4.78 is 0. The molecule has 3 unspecified atom stereocenters. The van der Waals surface area contributed by atoms with Crippen LogP contribution in [0.25, 0.3) is 0 Å². The van der Waals surface area contributed by atoms with Crippen LogP contribution in [0.2, 0.25) is 0 Å². The van der Waals surface area contributed by atoms with Crippen molar-refractivity contribution in [3.05, 3.63) is 30.1 Å². The summed E-state index contributed by atoms with van der Waals surface area (Å²) >= 11 is 0. The van der Waals surface area contributed by atoms with Crippen molar-refractivity contribution < 1.29 is 5.11 Å². The van der Waals surface area contributed by atoms with Crippen LogP contribution in [0.15, 0.2) is 29.5 Å². The SMILES string of the molecule is CCNC(=NCC(O)c1ccncc1)NC1CCCC(C)C1.I. The quantitative estimate of drug-likeness (QED) is 0.380. The van der Waals surface area contributed by atoms with E-state index < -0.39 is 6.10 Å². The second kappa shape index (κ2) is 10.8. The van der Waals surface area contributed by atoms with E-state index >= 15 is 0 Å². The number of pyridine rings is 1. The van der Waals surface area contributed by atoms with Crippen molar-refractivity contribution in [1.82, 2.24) is 15.6 Å². The predicted octanol–water partition coefficient (Wildman–Crippen LogP) is 2.87. The summed E-state index contributed by atoms with van der Waals surface area (Å²) in [5.74, 6) is 1.58. The number of halogens is 1. The van der Waals surface area contributed by atoms with Gasteiger partial charge in [-0.2, -0.15) is 0 Å². The topological polar surface area (TPSA) is 69.5 Å². The fourth-order valence-electron chi connectivity index (χ4n) is 2.95. The molecular formula is C17H29IN4O. The molecule has 0 spiro atoms. The number of nitrogens with one attached hydrogen (secondary N) is 2. The Morgan fingerprint density at radius 1 is 1.39 bits per heavy atom. The average Bonchev–Trinajstić information content (AvgIpc) is 2.53. The molecule has 1 aromatic rings. The van der Waals surface area contributed by atoms with E-state index in [0.717, 1.165) is 24.0 Å². The largest absolute Gasteiger partial charge is 0.386 e. The van der Waals surface area contributed by atoms with Crippen molar-refractivity contribution in [3.8, 4) is 0 Å². The van der Waals surface area contributed by atoms with Crippen LogP contribution < -0.4 is 10.6 Å². The van der Waals surface area contributed by atoms with Gasteiger partial charge < -0.3 is 15.7 Å². The van der Waals surface area contributed by atoms with Crippen molar-refractivity contribution in [2.45, 2.75) is 51.7 Å². The van der Waals surface area contributed by atoms with Gasteiger partial charge in [0.25, 0.3) is 0 Å². The summed E-state index contributed by atoms with van der Waals surface area (Å²) in [6.45, 7) is 5.53. The van der Waals surface area contributed by atoms with Crippen LogP contribution >= 0.6 is 24.0 Å². The summed E-state index contributed by atoms with van der Waals surface area (Å²) in [7, 11) is 0. The summed E-state index contributed by atoms with van der Waals surface area (Å²) in [5.41, 5.74) is 0.848. The van der Waals surface area contributed by atoms with Gasteiger partial charge in [0.15, 0.2) is 5.96 Å². The van der Waals surface area contributed by atoms with Gasteiger partial charge in [0.05, 0.1) is 12.6 Å². The maximum atomic E-state index is 10.2. The molecule has 5 nitrogen and oxygen atoms in total. The standard InChI is InChI=1S/C17H28N4O.HI/c1-3-19-17(21-15-6-4-5-13(2)11-15)20-12-16(22)14-7-9-18-10-8-14;/h7-10,13,15-16,22H,3-6,11-12H2,1-2H3,(H2,19,20,21);1H. The van der Waals surface area contributed by atoms with Gasteiger partial charge in [0.2, 0.25) is 0 Å². The molecule has 0 saturated heterocycles. The Labute approximate surface area is 156 Å². The molecule has 1 aliphatic carbocycles. The zero-order valence-corrected chi connectivity index (χ0v) is 16.4. The number of hydrogen-bond acceptors (Lipinski definition) is 3. The molecule has 0 bridgehead atoms. The molecule has 1 aliphatic rings. The van der Waals surface area contributed by atoms with E-state index in [0.29, 0.717) is 12.6 Å². The second-order valence-electron chi connectivity index (χ2n) is 6.13. The Hall–Kier alpha value is -0.890. The number of aliphatic hydroxyl groups is 1. The van der Waals surface area contributed by atoms with E-state index in [4.69, 9.17) is 0 Å². The molecular weight excluding hydrogens is 403 g/mol. The number of hydrogen-bond donors (Lipinski definition) is 3. The highest BCUT2D eigenvalue weighted by Crippen LogP contribution is 2.23. The minimum absolute atomic E-state index is 0. The number of rotatable bonds is 5. The van der Waals surface area contributed by atoms with Crippen LogP contribution in [0.4, 0.5) is 0 Å². The lowest BCUT2D eigenvalue weighted by Gasteiger charge is -2.29. The van der Waals surface area contributed by atoms with Gasteiger partial charge in [-0.1, -0.05) is 19.8 Å². The van der Waals surface area contributed by atoms with Crippen molar-refractivity contribution in [1.29, 1.82) is 0 Å². The molecule has 0 radical (unpaired) electrons. The first-order valence-corrected chi connectivity index (χ1v) is 8.32. The first-order valence-electron chi connectivity index (χ1n) is 8.32. The van der Waals surface area contributed by atoms with E-state index in [1.54, 1.807) is 12.4 Å². The lowest BCUT2D eigenvalue weighted by molar-refractivity contribution is 0.187. The summed E-state index contributed by atoms with van der Waals surface area (Å²) in [6.07, 6.45) is 7.78. The van der Waals surface area contributed by atoms with E-state index in [2.05, 4.69) is 34.5 Å². The lowest BCUT2D eigenvalue weighted by atomic mass is 9.87. The van der Waals surface area contributed by atoms with E-state index in [1.807, 2.05) is 12.1 Å². The number of nitrogens with zero attached hydrogens (tertiary/aromatic N) is 2. The highest BCUT2D eigenvalue weighted by Gasteiger charge is 2.19. The molecule has 1 fully saturated rings. The minimum Gasteiger partial charge on any atom is -0.386 e. The van der Waals surface area contributed by atoms with Crippen LogP contribution in [0.5, 0.6) is 0 Å². The van der Waals surface area contributed by atoms with Gasteiger partial charge in [0.1, 0.15) is 0 Å². The molecule has 3 atom stereocenters. The highest BCUT2D eigenvalue weighted by molar-refractivity contribution is 14.0. The Kier molecular flexibility index (Phi) is 9.47. The molecule has 6 heteroatoms. The van der Waals surface area contributed by atoms with Gasteiger partial charge in [0, 0.05) is 25.0 Å². The smallest absolute Gasteiger partial charge is 0.191 e. The third-order valence-corrected chi connectivity index (χ3v) is 4.13. The van der Waals surface area contributed by atoms with Crippen molar-refractivity contribution >= 4 is 29.9 Å². The number of aromatic nitrogens is 1. The molecule has 1 saturated carbocycles. The Morgan fingerprint density at radius 2 is 2.13 bits per heavy atom. The molecule has 130 valence electrons. The normalized spacial score (nSPS) is 22.8. The van der Waals surface area contributed by atoms with Gasteiger partial charge in [-0.15, -0.1) is 24.0 Å². The van der Waals surface area contributed by atoms with Gasteiger partial charge in [-0.25, -0.2) is 0 Å². The van der Waals surface area contributed by atoms with Gasteiger partial charge in [-0.05, 0) is 43.4 Å². The van der Waals surface area contributed by atoms with Crippen LogP contribution in [-0.2, 0) is 0 Å². The molecule has 0 aliphatic heterocycles. The zero-order valence-electron chi connectivity index (χ0n) is 14.0. The van der Waals surface area contributed by atoms with E-state index in [9.17, 15) is 5.11 Å². The summed E-state index contributed by atoms with van der Waals surface area (Å²) in [6, 6.07) is 4.13. The van der Waals surface area contributed by atoms with Crippen LogP contribution in [0, 0.1) is 5.92 Å². The number of aliphatic imine (C=N–C) groups is 1. The zero-order chi connectivity index (χ0) is 15.8. The molecule has 0 amide bonds. The van der Waals surface area contributed by atoms with Crippen LogP contribution in [-0.4, -0.2) is 35.2 Å². The molecule has 3 N–H and O–H groups in total. The van der Waals surface area contributed by atoms with Crippen molar-refractivity contribution in [2.24, 2.45) is 10.9 Å². The van der Waals surface area contributed by atoms with Crippen molar-refractivity contribution in [3.63, 3.8) is 0 Å². The van der Waals surface area contributed by atoms with Crippen molar-refractivity contribution in [2.75, 3.05) is 13.1 Å². The van der Waals surface area contributed by atoms with Gasteiger partial charge in [-0.3, -0.25) is 9.98 Å². The fourth-order valence-corrected chi connectivity index (χ4v) is 2.95. The van der Waals surface area contributed by atoms with E-state index in [1.165, 1.54) is 25.7 Å². The maximum Gasteiger partial charge on any atom is 0.191 e. The summed E-state index contributed by atoms with van der Waals surface area (Å²) in [4.78, 5) is 8.50. The monoisotopic (exact) mass is 432 g/mol. The fraction of sp³-hybridized carbons (Fsp3) is 0.647. The lowest BCUT2D eigenvalue weighted by Crippen LogP contribution is -2.45. The predicted molar refractivity (Wildman–Crippen MR) is 105 cm³/mol. The maximum absolute atomic E-state index is 10.2. The second-order valence-corrected chi connectivity index (χ2v) is 6.13. The van der Waals surface area contributed by atoms with Crippen LogP contribution in [0.1, 0.15) is 51.2 Å². The minimum atomic E-state index is -0.594. The van der Waals surface area contributed by atoms with Crippen LogP contribution in [0.3, 0.4) is 0 Å². The Morgan fingerprint density at radius 3 is 2.78 bits per heavy atom. The Balaban J connectivity index is 0.00000264. The number of aliphatic hydroxyl groups excluding tert-OH is 1. The Bertz CT molecular complexity index is 469. The third kappa shape index (κ3) is 7.03. The molecule has 0 aromatic carbocycles. The third-order valence-electron chi connectivity index (χ3n) is 4.13. The molecule has 23 heavy (non-hydrogen) atoms. The molecule has 1 heterocycles.